The van der Waals surface area contributed by atoms with Crippen LogP contribution in [0.1, 0.15) is 19.4 Å². The highest BCUT2D eigenvalue weighted by molar-refractivity contribution is 8.15. The van der Waals surface area contributed by atoms with Crippen molar-refractivity contribution < 1.29 is 4.79 Å². The van der Waals surface area contributed by atoms with E-state index in [0.29, 0.717) is 20.9 Å². The quantitative estimate of drug-likeness (QED) is 0.672. The summed E-state index contributed by atoms with van der Waals surface area (Å²) in [6, 6.07) is 5.25. The van der Waals surface area contributed by atoms with E-state index in [1.807, 2.05) is 19.9 Å². The fourth-order valence-electron chi connectivity index (χ4n) is 1.41. The van der Waals surface area contributed by atoms with E-state index in [0.717, 1.165) is 5.56 Å². The van der Waals surface area contributed by atoms with E-state index in [9.17, 15) is 4.79 Å². The average molecular weight is 316 g/mol. The lowest BCUT2D eigenvalue weighted by atomic mass is 10.1. The maximum Gasteiger partial charge on any atom is 0.239 e. The predicted molar refractivity (Wildman–Crippen MR) is 81.3 cm³/mol. The molecule has 1 aliphatic heterocycles. The summed E-state index contributed by atoms with van der Waals surface area (Å²) in [7, 11) is 0. The standard InChI is InChI=1S/C12H11Cl2N3OS/c1-6(8-3-4-9(13)10(14)5-8)16-17-12-15-11(18)7(2)19-12/h3-5,7H,1-2H3,(H,15,17,18)/b16-6+. The molecule has 1 atom stereocenters. The molecule has 1 aromatic carbocycles. The van der Waals surface area contributed by atoms with E-state index in [-0.39, 0.29) is 11.2 Å². The van der Waals surface area contributed by atoms with Crippen LogP contribution in [0.25, 0.3) is 0 Å². The van der Waals surface area contributed by atoms with Crippen molar-refractivity contribution in [3.8, 4) is 0 Å². The van der Waals surface area contributed by atoms with Crippen molar-refractivity contribution in [2.24, 2.45) is 10.2 Å². The van der Waals surface area contributed by atoms with Gasteiger partial charge in [0.1, 0.15) is 0 Å². The highest BCUT2D eigenvalue weighted by Gasteiger charge is 2.25. The monoisotopic (exact) mass is 315 g/mol. The molecule has 1 unspecified atom stereocenters. The van der Waals surface area contributed by atoms with Gasteiger partial charge in [0.2, 0.25) is 5.91 Å². The molecule has 2 rings (SSSR count). The molecule has 100 valence electrons. The Balaban J connectivity index is 2.17. The van der Waals surface area contributed by atoms with Crippen LogP contribution in [-0.4, -0.2) is 22.0 Å². The summed E-state index contributed by atoms with van der Waals surface area (Å²) in [5.74, 6) is -0.0499. The Hall–Kier alpha value is -1.04. The zero-order valence-electron chi connectivity index (χ0n) is 10.3. The first-order chi connectivity index (χ1) is 8.97. The van der Waals surface area contributed by atoms with Gasteiger partial charge in [0.05, 0.1) is 21.0 Å². The molecule has 1 N–H and O–H groups in total. The minimum atomic E-state index is -0.126. The number of carbonyl (C=O) groups is 1. The van der Waals surface area contributed by atoms with Crippen LogP contribution >= 0.6 is 35.0 Å². The number of hydrogen-bond acceptors (Lipinski definition) is 4. The average Bonchev–Trinajstić information content (AvgIpc) is 2.69. The van der Waals surface area contributed by atoms with Crippen LogP contribution in [0.2, 0.25) is 10.0 Å². The number of benzene rings is 1. The largest absolute Gasteiger partial charge is 0.303 e. The summed E-state index contributed by atoms with van der Waals surface area (Å²) >= 11 is 13.1. The molecule has 0 aliphatic carbocycles. The van der Waals surface area contributed by atoms with E-state index < -0.39 is 0 Å². The highest BCUT2D eigenvalue weighted by atomic mass is 35.5. The molecule has 19 heavy (non-hydrogen) atoms. The fourth-order valence-corrected chi connectivity index (χ4v) is 2.45. The van der Waals surface area contributed by atoms with Crippen molar-refractivity contribution in [2.75, 3.05) is 0 Å². The molecular weight excluding hydrogens is 305 g/mol. The first-order valence-electron chi connectivity index (χ1n) is 5.52. The fraction of sp³-hybridized carbons (Fsp3) is 0.250. The van der Waals surface area contributed by atoms with Gasteiger partial charge in [-0.15, -0.1) is 5.10 Å². The molecule has 4 nitrogen and oxygen atoms in total. The van der Waals surface area contributed by atoms with Gasteiger partial charge in [-0.2, -0.15) is 5.10 Å². The Labute approximate surface area is 125 Å². The number of thioether (sulfide) groups is 1. The van der Waals surface area contributed by atoms with Crippen molar-refractivity contribution in [3.63, 3.8) is 0 Å². The highest BCUT2D eigenvalue weighted by Crippen LogP contribution is 2.23. The van der Waals surface area contributed by atoms with E-state index >= 15 is 0 Å². The zero-order chi connectivity index (χ0) is 14.0. The molecule has 1 heterocycles. The van der Waals surface area contributed by atoms with Gasteiger partial charge < -0.3 is 5.32 Å². The van der Waals surface area contributed by atoms with E-state index in [2.05, 4.69) is 15.5 Å². The van der Waals surface area contributed by atoms with Crippen LogP contribution in [0, 0.1) is 0 Å². The van der Waals surface area contributed by atoms with E-state index in [1.54, 1.807) is 12.1 Å². The predicted octanol–water partition coefficient (Wildman–Crippen LogP) is 3.32. The molecular formula is C12H11Cl2N3OS. The van der Waals surface area contributed by atoms with Crippen molar-refractivity contribution >= 4 is 51.8 Å². The van der Waals surface area contributed by atoms with Gasteiger partial charge in [-0.05, 0) is 31.5 Å². The lowest BCUT2D eigenvalue weighted by molar-refractivity contribution is -0.118. The Morgan fingerprint density at radius 1 is 1.37 bits per heavy atom. The maximum atomic E-state index is 11.3. The number of amidine groups is 1. The zero-order valence-corrected chi connectivity index (χ0v) is 12.6. The van der Waals surface area contributed by atoms with Crippen LogP contribution in [0.3, 0.4) is 0 Å². The number of hydrogen-bond donors (Lipinski definition) is 1. The van der Waals surface area contributed by atoms with Gasteiger partial charge in [0, 0.05) is 0 Å². The molecule has 0 bridgehead atoms. The number of amides is 1. The Kier molecular flexibility index (Phi) is 4.50. The summed E-state index contributed by atoms with van der Waals surface area (Å²) in [6.07, 6.45) is 0. The molecule has 1 aromatic rings. The topological polar surface area (TPSA) is 53.8 Å². The Bertz CT molecular complexity index is 586. The van der Waals surface area contributed by atoms with Gasteiger partial charge in [-0.1, -0.05) is 41.0 Å². The number of carbonyl (C=O) groups excluding carboxylic acids is 1. The van der Waals surface area contributed by atoms with E-state index in [4.69, 9.17) is 23.2 Å². The molecule has 1 aliphatic rings. The van der Waals surface area contributed by atoms with Crippen LogP contribution in [-0.2, 0) is 4.79 Å². The smallest absolute Gasteiger partial charge is 0.239 e. The summed E-state index contributed by atoms with van der Waals surface area (Å²) in [5, 5.41) is 12.1. The normalized spacial score (nSPS) is 21.9. The van der Waals surface area contributed by atoms with Crippen LogP contribution in [0.15, 0.2) is 28.4 Å². The summed E-state index contributed by atoms with van der Waals surface area (Å²) < 4.78 is 0. The second-order valence-corrected chi connectivity index (χ2v) is 6.11. The van der Waals surface area contributed by atoms with Gasteiger partial charge in [0.15, 0.2) is 5.17 Å². The Morgan fingerprint density at radius 2 is 2.11 bits per heavy atom. The van der Waals surface area contributed by atoms with Crippen LogP contribution in [0.5, 0.6) is 0 Å². The van der Waals surface area contributed by atoms with Crippen LogP contribution < -0.4 is 5.32 Å². The SMILES string of the molecule is C/C(=N\N=C1/NC(=O)C(C)S1)c1ccc(Cl)c(Cl)c1. The number of nitrogens with one attached hydrogen (secondary N) is 1. The Morgan fingerprint density at radius 3 is 2.68 bits per heavy atom. The van der Waals surface area contributed by atoms with Crippen LogP contribution in [0.4, 0.5) is 0 Å². The maximum absolute atomic E-state index is 11.3. The molecule has 7 heteroatoms. The summed E-state index contributed by atoms with van der Waals surface area (Å²) in [6.45, 7) is 3.63. The molecule has 1 saturated heterocycles. The first kappa shape index (κ1) is 14.4. The van der Waals surface area contributed by atoms with Crippen molar-refractivity contribution in [1.29, 1.82) is 0 Å². The third-order valence-corrected chi connectivity index (χ3v) is 4.23. The van der Waals surface area contributed by atoms with Gasteiger partial charge >= 0.3 is 0 Å². The lowest BCUT2D eigenvalue weighted by Crippen LogP contribution is -2.23. The minimum absolute atomic E-state index is 0.0499. The molecule has 0 spiro atoms. The van der Waals surface area contributed by atoms with Gasteiger partial charge in [-0.3, -0.25) is 4.79 Å². The van der Waals surface area contributed by atoms with Crippen molar-refractivity contribution in [3.05, 3.63) is 33.8 Å². The molecule has 1 amide bonds. The number of nitrogens with zero attached hydrogens (tertiary/aromatic N) is 2. The molecule has 1 fully saturated rings. The second kappa shape index (κ2) is 5.94. The lowest BCUT2D eigenvalue weighted by Gasteiger charge is -2.01. The van der Waals surface area contributed by atoms with Crippen molar-refractivity contribution in [2.45, 2.75) is 19.1 Å². The first-order valence-corrected chi connectivity index (χ1v) is 7.16. The third kappa shape index (κ3) is 3.49. The molecule has 0 aromatic heterocycles. The summed E-state index contributed by atoms with van der Waals surface area (Å²) in [4.78, 5) is 11.3. The second-order valence-electron chi connectivity index (χ2n) is 3.97. The number of halogens is 2. The number of rotatable bonds is 2. The minimum Gasteiger partial charge on any atom is -0.303 e. The van der Waals surface area contributed by atoms with Gasteiger partial charge in [-0.25, -0.2) is 0 Å². The van der Waals surface area contributed by atoms with Gasteiger partial charge in [0.25, 0.3) is 0 Å². The van der Waals surface area contributed by atoms with E-state index in [1.165, 1.54) is 11.8 Å². The molecule has 0 saturated carbocycles. The molecule has 0 radical (unpaired) electrons. The van der Waals surface area contributed by atoms with Crippen molar-refractivity contribution in [1.82, 2.24) is 5.32 Å². The third-order valence-electron chi connectivity index (χ3n) is 2.52. The summed E-state index contributed by atoms with van der Waals surface area (Å²) in [5.41, 5.74) is 1.53.